The van der Waals surface area contributed by atoms with Crippen LogP contribution in [-0.4, -0.2) is 38.5 Å². The van der Waals surface area contributed by atoms with E-state index in [1.54, 1.807) is 10.9 Å². The van der Waals surface area contributed by atoms with E-state index in [1.807, 2.05) is 51.1 Å². The fourth-order valence-electron chi connectivity index (χ4n) is 2.33. The van der Waals surface area contributed by atoms with Gasteiger partial charge in [0.15, 0.2) is 0 Å². The zero-order valence-electron chi connectivity index (χ0n) is 14.6. The fraction of sp³-hybridized carbons (Fsp3) is 0.471. The van der Waals surface area contributed by atoms with Crippen LogP contribution in [0.3, 0.4) is 0 Å². The van der Waals surface area contributed by atoms with Crippen molar-refractivity contribution in [2.24, 2.45) is 0 Å². The molecule has 0 radical (unpaired) electrons. The quantitative estimate of drug-likeness (QED) is 0.776. The number of methoxy groups -OCH3 is 1. The van der Waals surface area contributed by atoms with Crippen molar-refractivity contribution in [2.45, 2.75) is 37.6 Å². The highest BCUT2D eigenvalue weighted by Crippen LogP contribution is 2.27. The van der Waals surface area contributed by atoms with Crippen molar-refractivity contribution in [1.29, 1.82) is 0 Å². The van der Waals surface area contributed by atoms with Gasteiger partial charge >= 0.3 is 0 Å². The van der Waals surface area contributed by atoms with Gasteiger partial charge in [-0.15, -0.1) is 0 Å². The minimum atomic E-state index is -3.63. The summed E-state index contributed by atoms with van der Waals surface area (Å²) in [5.74, 6) is 0. The van der Waals surface area contributed by atoms with E-state index >= 15 is 0 Å². The lowest BCUT2D eigenvalue weighted by molar-refractivity contribution is 0.204. The highest BCUT2D eigenvalue weighted by Gasteiger charge is 2.29. The minimum Gasteiger partial charge on any atom is -0.383 e. The second-order valence-corrected chi connectivity index (χ2v) is 8.40. The van der Waals surface area contributed by atoms with Crippen molar-refractivity contribution in [3.63, 3.8) is 0 Å². The van der Waals surface area contributed by atoms with Crippen LogP contribution in [0.4, 0.5) is 0 Å². The van der Waals surface area contributed by atoms with E-state index in [9.17, 15) is 8.42 Å². The highest BCUT2D eigenvalue weighted by molar-refractivity contribution is 7.89. The number of ether oxygens (including phenoxy) is 1. The molecule has 0 unspecified atom stereocenters. The van der Waals surface area contributed by atoms with Crippen molar-refractivity contribution in [3.8, 4) is 0 Å². The first-order valence-electron chi connectivity index (χ1n) is 7.84. The molecule has 0 bridgehead atoms. The van der Waals surface area contributed by atoms with Crippen LogP contribution in [0.1, 0.15) is 32.0 Å². The van der Waals surface area contributed by atoms with Crippen LogP contribution in [0.2, 0.25) is 0 Å². The summed E-state index contributed by atoms with van der Waals surface area (Å²) in [6.07, 6.45) is 1.60. The van der Waals surface area contributed by atoms with E-state index in [4.69, 9.17) is 4.74 Å². The maximum absolute atomic E-state index is 12.6. The van der Waals surface area contributed by atoms with Gasteiger partial charge in [0.25, 0.3) is 0 Å². The molecule has 0 amide bonds. The zero-order valence-corrected chi connectivity index (χ0v) is 15.4. The van der Waals surface area contributed by atoms with Crippen LogP contribution < -0.4 is 4.72 Å². The Hall–Kier alpha value is -1.70. The molecule has 0 spiro atoms. The molecule has 24 heavy (non-hydrogen) atoms. The third-order valence-corrected chi connectivity index (χ3v) is 4.98. The predicted molar refractivity (Wildman–Crippen MR) is 93.5 cm³/mol. The van der Waals surface area contributed by atoms with Crippen LogP contribution in [0.15, 0.2) is 41.4 Å². The van der Waals surface area contributed by atoms with E-state index < -0.39 is 10.0 Å². The van der Waals surface area contributed by atoms with Gasteiger partial charge in [-0.25, -0.2) is 13.1 Å². The van der Waals surface area contributed by atoms with Gasteiger partial charge in [-0.1, -0.05) is 51.1 Å². The molecule has 0 saturated carbocycles. The predicted octanol–water partition coefficient (Wildman–Crippen LogP) is 2.15. The summed E-state index contributed by atoms with van der Waals surface area (Å²) >= 11 is 0. The van der Waals surface area contributed by atoms with Crippen LogP contribution in [0.25, 0.3) is 0 Å². The third-order valence-electron chi connectivity index (χ3n) is 3.51. The Morgan fingerprint density at radius 1 is 1.21 bits per heavy atom. The average Bonchev–Trinajstić information content (AvgIpc) is 2.93. The summed E-state index contributed by atoms with van der Waals surface area (Å²) in [6.45, 7) is 6.94. The van der Waals surface area contributed by atoms with E-state index in [0.29, 0.717) is 18.8 Å². The molecule has 7 heteroatoms. The topological polar surface area (TPSA) is 73.2 Å². The van der Waals surface area contributed by atoms with Gasteiger partial charge in [-0.3, -0.25) is 4.68 Å². The summed E-state index contributed by atoms with van der Waals surface area (Å²) in [4.78, 5) is 0.224. The van der Waals surface area contributed by atoms with Crippen molar-refractivity contribution in [3.05, 3.63) is 47.8 Å². The standard InChI is InChI=1S/C17H25N3O3S/c1-17(2,3)16-15(24(21,22)18-10-11-23-4)13-20(19-16)12-14-8-6-5-7-9-14/h5-9,13,18H,10-12H2,1-4H3. The molecule has 1 N–H and O–H groups in total. The smallest absolute Gasteiger partial charge is 0.244 e. The molecule has 2 rings (SSSR count). The first-order chi connectivity index (χ1) is 11.2. The van der Waals surface area contributed by atoms with Gasteiger partial charge in [0.2, 0.25) is 10.0 Å². The van der Waals surface area contributed by atoms with E-state index in [1.165, 1.54) is 7.11 Å². The SMILES string of the molecule is COCCNS(=O)(=O)c1cn(Cc2ccccc2)nc1C(C)(C)C. The molecule has 0 atom stereocenters. The highest BCUT2D eigenvalue weighted by atomic mass is 32.2. The average molecular weight is 351 g/mol. The van der Waals surface area contributed by atoms with E-state index in [0.717, 1.165) is 5.56 Å². The first kappa shape index (κ1) is 18.6. The Kier molecular flexibility index (Phi) is 5.79. The number of benzene rings is 1. The molecule has 0 fully saturated rings. The molecule has 6 nitrogen and oxygen atoms in total. The maximum atomic E-state index is 12.6. The Balaban J connectivity index is 2.35. The minimum absolute atomic E-state index is 0.224. The fourth-order valence-corrected chi connectivity index (χ4v) is 3.70. The molecule has 132 valence electrons. The van der Waals surface area contributed by atoms with Crippen LogP contribution >= 0.6 is 0 Å². The number of hydrogen-bond acceptors (Lipinski definition) is 4. The third kappa shape index (κ3) is 4.66. The monoisotopic (exact) mass is 351 g/mol. The molecule has 0 aliphatic carbocycles. The van der Waals surface area contributed by atoms with E-state index in [-0.39, 0.29) is 16.9 Å². The van der Waals surface area contributed by atoms with Crippen molar-refractivity contribution in [2.75, 3.05) is 20.3 Å². The number of sulfonamides is 1. The lowest BCUT2D eigenvalue weighted by Gasteiger charge is -2.17. The zero-order chi connectivity index (χ0) is 17.8. The lowest BCUT2D eigenvalue weighted by Crippen LogP contribution is -2.29. The Labute approximate surface area is 143 Å². The van der Waals surface area contributed by atoms with Gasteiger partial charge in [-0.05, 0) is 5.56 Å². The Bertz CT molecular complexity index is 762. The molecule has 0 saturated heterocycles. The number of nitrogens with zero attached hydrogens (tertiary/aromatic N) is 2. The summed E-state index contributed by atoms with van der Waals surface area (Å²) in [5, 5.41) is 4.54. The lowest BCUT2D eigenvalue weighted by atomic mass is 9.92. The second-order valence-electron chi connectivity index (χ2n) is 6.67. The normalized spacial score (nSPS) is 12.5. The summed E-state index contributed by atoms with van der Waals surface area (Å²) in [7, 11) is -2.10. The van der Waals surface area contributed by atoms with Crippen LogP contribution in [-0.2, 0) is 26.7 Å². The van der Waals surface area contributed by atoms with Gasteiger partial charge in [-0.2, -0.15) is 5.10 Å². The van der Waals surface area contributed by atoms with Crippen molar-refractivity contribution in [1.82, 2.24) is 14.5 Å². The van der Waals surface area contributed by atoms with Crippen molar-refractivity contribution >= 4 is 10.0 Å². The number of hydrogen-bond donors (Lipinski definition) is 1. The summed E-state index contributed by atoms with van der Waals surface area (Å²) < 4.78 is 34.4. The first-order valence-corrected chi connectivity index (χ1v) is 9.33. The molecular weight excluding hydrogens is 326 g/mol. The van der Waals surface area contributed by atoms with Gasteiger partial charge in [0, 0.05) is 25.3 Å². The number of nitrogens with one attached hydrogen (secondary N) is 1. The van der Waals surface area contributed by atoms with Gasteiger partial charge < -0.3 is 4.74 Å². The molecule has 1 aromatic heterocycles. The second kappa shape index (κ2) is 7.46. The Morgan fingerprint density at radius 3 is 2.46 bits per heavy atom. The molecule has 0 aliphatic rings. The summed E-state index contributed by atoms with van der Waals surface area (Å²) in [5.41, 5.74) is 1.24. The van der Waals surface area contributed by atoms with Gasteiger partial charge in [0.05, 0.1) is 18.8 Å². The maximum Gasteiger partial charge on any atom is 0.244 e. The van der Waals surface area contributed by atoms with E-state index in [2.05, 4.69) is 9.82 Å². The molecule has 2 aromatic rings. The molecular formula is C17H25N3O3S. The van der Waals surface area contributed by atoms with Crippen LogP contribution in [0.5, 0.6) is 0 Å². The summed E-state index contributed by atoms with van der Waals surface area (Å²) in [6, 6.07) is 9.83. The number of aromatic nitrogens is 2. The molecule has 1 aromatic carbocycles. The van der Waals surface area contributed by atoms with Crippen LogP contribution in [0, 0.1) is 0 Å². The Morgan fingerprint density at radius 2 is 1.88 bits per heavy atom. The number of rotatable bonds is 7. The largest absolute Gasteiger partial charge is 0.383 e. The molecule has 1 heterocycles. The van der Waals surface area contributed by atoms with Gasteiger partial charge in [0.1, 0.15) is 4.90 Å². The molecule has 0 aliphatic heterocycles. The van der Waals surface area contributed by atoms with Crippen molar-refractivity contribution < 1.29 is 13.2 Å².